The van der Waals surface area contributed by atoms with Crippen molar-refractivity contribution in [3.8, 4) is 11.8 Å². The van der Waals surface area contributed by atoms with Gasteiger partial charge in [-0.05, 0) is 71.2 Å². The highest BCUT2D eigenvalue weighted by Gasteiger charge is 2.33. The number of hydrogen-bond acceptors (Lipinski definition) is 2. The molecular weight excluding hydrogens is 356 g/mol. The monoisotopic (exact) mass is 386 g/mol. The molecule has 0 saturated carbocycles. The highest BCUT2D eigenvalue weighted by molar-refractivity contribution is 5.89. The first-order valence-corrected chi connectivity index (χ1v) is 10.3. The van der Waals surface area contributed by atoms with Gasteiger partial charge in [-0.1, -0.05) is 64.7 Å². The maximum absolute atomic E-state index is 11.8. The van der Waals surface area contributed by atoms with Crippen LogP contribution in [0.1, 0.15) is 80.6 Å². The van der Waals surface area contributed by atoms with Crippen LogP contribution in [0.25, 0.3) is 5.57 Å². The van der Waals surface area contributed by atoms with E-state index in [-0.39, 0.29) is 16.8 Å². The molecule has 150 valence electrons. The number of fused-ring (bicyclic) bond motifs is 1. The molecule has 0 atom stereocenters. The van der Waals surface area contributed by atoms with E-state index in [9.17, 15) is 4.79 Å². The Morgan fingerprint density at radius 2 is 1.76 bits per heavy atom. The van der Waals surface area contributed by atoms with Gasteiger partial charge < -0.3 is 4.74 Å². The number of ether oxygens (including phenoxy) is 1. The first-order valence-electron chi connectivity index (χ1n) is 10.3. The summed E-state index contributed by atoms with van der Waals surface area (Å²) in [6.45, 7) is 13.6. The molecule has 29 heavy (non-hydrogen) atoms. The van der Waals surface area contributed by atoms with Crippen LogP contribution in [0.4, 0.5) is 0 Å². The molecule has 0 N–H and O–H groups in total. The van der Waals surface area contributed by atoms with Gasteiger partial charge in [0, 0.05) is 11.1 Å². The molecule has 0 saturated heterocycles. The van der Waals surface area contributed by atoms with Gasteiger partial charge in [0.05, 0.1) is 12.2 Å². The van der Waals surface area contributed by atoms with Gasteiger partial charge in [-0.15, -0.1) is 0 Å². The minimum Gasteiger partial charge on any atom is -0.462 e. The van der Waals surface area contributed by atoms with E-state index in [1.54, 1.807) is 19.1 Å². The standard InChI is InChI=1S/C27H30O2/c1-7-29-25(28)21-15-12-19(13-16-21)11-14-20-9-8-10-22-23(26(2,3)4)17-18-27(5,6)24(20)22/h8-10,12-13,15-17H,7,18H2,1-6H3. The lowest BCUT2D eigenvalue weighted by atomic mass is 9.67. The van der Waals surface area contributed by atoms with Crippen molar-refractivity contribution in [3.63, 3.8) is 0 Å². The van der Waals surface area contributed by atoms with E-state index < -0.39 is 0 Å². The summed E-state index contributed by atoms with van der Waals surface area (Å²) in [5.74, 6) is 6.38. The van der Waals surface area contributed by atoms with E-state index in [1.807, 2.05) is 12.1 Å². The number of benzene rings is 2. The van der Waals surface area contributed by atoms with Gasteiger partial charge in [-0.25, -0.2) is 4.79 Å². The molecule has 2 nitrogen and oxygen atoms in total. The Balaban J connectivity index is 1.99. The van der Waals surface area contributed by atoms with E-state index >= 15 is 0 Å². The number of hydrogen-bond donors (Lipinski definition) is 0. The molecule has 3 rings (SSSR count). The lowest BCUT2D eigenvalue weighted by Crippen LogP contribution is -2.26. The minimum atomic E-state index is -0.299. The van der Waals surface area contributed by atoms with Gasteiger partial charge in [0.1, 0.15) is 0 Å². The van der Waals surface area contributed by atoms with Crippen LogP contribution < -0.4 is 0 Å². The highest BCUT2D eigenvalue weighted by Crippen LogP contribution is 2.46. The van der Waals surface area contributed by atoms with E-state index in [2.05, 4.69) is 70.7 Å². The normalized spacial score (nSPS) is 14.9. The summed E-state index contributed by atoms with van der Waals surface area (Å²) in [7, 11) is 0. The first-order chi connectivity index (χ1) is 13.6. The van der Waals surface area contributed by atoms with Gasteiger partial charge in [0.25, 0.3) is 0 Å². The van der Waals surface area contributed by atoms with E-state index in [1.165, 1.54) is 16.7 Å². The van der Waals surface area contributed by atoms with Gasteiger partial charge in [-0.3, -0.25) is 0 Å². The van der Waals surface area contributed by atoms with E-state index in [0.29, 0.717) is 12.2 Å². The first kappa shape index (κ1) is 20.9. The smallest absolute Gasteiger partial charge is 0.338 e. The lowest BCUT2D eigenvalue weighted by molar-refractivity contribution is 0.0526. The quantitative estimate of drug-likeness (QED) is 0.442. The second kappa shape index (κ2) is 7.91. The fourth-order valence-electron chi connectivity index (χ4n) is 3.93. The Labute approximate surface area is 175 Å². The number of esters is 1. The largest absolute Gasteiger partial charge is 0.462 e. The molecule has 0 spiro atoms. The Bertz CT molecular complexity index is 1000. The maximum atomic E-state index is 11.8. The van der Waals surface area contributed by atoms with Crippen molar-refractivity contribution >= 4 is 11.5 Å². The molecule has 0 bridgehead atoms. The van der Waals surface area contributed by atoms with Crippen LogP contribution >= 0.6 is 0 Å². The molecule has 0 aromatic heterocycles. The Hall–Kier alpha value is -2.79. The second-order valence-corrected chi connectivity index (χ2v) is 9.23. The molecule has 0 amide bonds. The third-order valence-corrected chi connectivity index (χ3v) is 5.39. The third-order valence-electron chi connectivity index (χ3n) is 5.39. The van der Waals surface area contributed by atoms with Crippen LogP contribution in [0.15, 0.2) is 48.5 Å². The molecule has 0 fully saturated rings. The topological polar surface area (TPSA) is 26.3 Å². The molecule has 0 unspecified atom stereocenters. The molecule has 2 heteroatoms. The third kappa shape index (κ3) is 4.46. The van der Waals surface area contributed by atoms with Crippen molar-refractivity contribution < 1.29 is 9.53 Å². The van der Waals surface area contributed by atoms with Crippen molar-refractivity contribution in [2.75, 3.05) is 6.61 Å². The summed E-state index contributed by atoms with van der Waals surface area (Å²) >= 11 is 0. The second-order valence-electron chi connectivity index (χ2n) is 9.23. The van der Waals surface area contributed by atoms with Gasteiger partial charge in [-0.2, -0.15) is 0 Å². The summed E-state index contributed by atoms with van der Waals surface area (Å²) in [6, 6.07) is 13.7. The zero-order chi connectivity index (χ0) is 21.2. The van der Waals surface area contributed by atoms with Crippen LogP contribution in [-0.2, 0) is 10.2 Å². The number of allylic oxidation sites excluding steroid dienone is 2. The van der Waals surface area contributed by atoms with Gasteiger partial charge >= 0.3 is 5.97 Å². The average molecular weight is 387 g/mol. The van der Waals surface area contributed by atoms with Crippen LogP contribution in [0, 0.1) is 17.3 Å². The Kier molecular flexibility index (Phi) is 5.71. The van der Waals surface area contributed by atoms with Crippen molar-refractivity contribution in [3.05, 3.63) is 76.4 Å². The fourth-order valence-corrected chi connectivity index (χ4v) is 3.93. The molecule has 1 aliphatic carbocycles. The van der Waals surface area contributed by atoms with Gasteiger partial charge in [0.15, 0.2) is 0 Å². The summed E-state index contributed by atoms with van der Waals surface area (Å²) < 4.78 is 5.04. The van der Waals surface area contributed by atoms with Crippen LogP contribution in [0.2, 0.25) is 0 Å². The number of carbonyl (C=O) groups is 1. The fraction of sp³-hybridized carbons (Fsp3) is 0.370. The van der Waals surface area contributed by atoms with Crippen molar-refractivity contribution in [2.24, 2.45) is 5.41 Å². The number of rotatable bonds is 2. The maximum Gasteiger partial charge on any atom is 0.338 e. The Morgan fingerprint density at radius 1 is 1.07 bits per heavy atom. The molecule has 2 aromatic rings. The van der Waals surface area contributed by atoms with Crippen molar-refractivity contribution in [2.45, 2.75) is 53.4 Å². The minimum absolute atomic E-state index is 0.0448. The summed E-state index contributed by atoms with van der Waals surface area (Å²) in [5.41, 5.74) is 6.71. The molecule has 0 aliphatic heterocycles. The average Bonchev–Trinajstić information content (AvgIpc) is 2.65. The SMILES string of the molecule is CCOC(=O)c1ccc(C#Cc2cccc3c2C(C)(C)CC=C3C(C)(C)C)cc1. The molecule has 0 heterocycles. The van der Waals surface area contributed by atoms with Crippen molar-refractivity contribution in [1.29, 1.82) is 0 Å². The molecule has 0 radical (unpaired) electrons. The zero-order valence-electron chi connectivity index (χ0n) is 18.3. The molecule has 2 aromatic carbocycles. The van der Waals surface area contributed by atoms with Crippen molar-refractivity contribution in [1.82, 2.24) is 0 Å². The lowest BCUT2D eigenvalue weighted by Gasteiger charge is -2.37. The van der Waals surface area contributed by atoms with Crippen LogP contribution in [-0.4, -0.2) is 12.6 Å². The van der Waals surface area contributed by atoms with E-state index in [0.717, 1.165) is 17.5 Å². The predicted octanol–water partition coefficient (Wildman–Crippen LogP) is 6.37. The van der Waals surface area contributed by atoms with E-state index in [4.69, 9.17) is 4.74 Å². The zero-order valence-corrected chi connectivity index (χ0v) is 18.3. The number of carbonyl (C=O) groups excluding carboxylic acids is 1. The molecule has 1 aliphatic rings. The Morgan fingerprint density at radius 3 is 2.38 bits per heavy atom. The van der Waals surface area contributed by atoms with Crippen LogP contribution in [0.3, 0.4) is 0 Å². The summed E-state index contributed by atoms with van der Waals surface area (Å²) in [5, 5.41) is 0. The highest BCUT2D eigenvalue weighted by atomic mass is 16.5. The summed E-state index contributed by atoms with van der Waals surface area (Å²) in [4.78, 5) is 11.8. The summed E-state index contributed by atoms with van der Waals surface area (Å²) in [6.07, 6.45) is 3.41. The van der Waals surface area contributed by atoms with Crippen LogP contribution in [0.5, 0.6) is 0 Å². The molecular formula is C27H30O2. The predicted molar refractivity (Wildman–Crippen MR) is 120 cm³/mol. The van der Waals surface area contributed by atoms with Gasteiger partial charge in [0.2, 0.25) is 0 Å².